The first-order valence-corrected chi connectivity index (χ1v) is 10.1. The van der Waals surface area contributed by atoms with Gasteiger partial charge in [-0.2, -0.15) is 0 Å². The zero-order valence-corrected chi connectivity index (χ0v) is 16.5. The molecule has 27 heavy (non-hydrogen) atoms. The quantitative estimate of drug-likeness (QED) is 0.810. The monoisotopic (exact) mass is 374 g/mol. The predicted octanol–water partition coefficient (Wildman–Crippen LogP) is 2.38. The average molecular weight is 374 g/mol. The maximum absolute atomic E-state index is 12.0. The minimum absolute atomic E-state index is 0.116. The molecule has 0 N–H and O–H groups in total. The van der Waals surface area contributed by atoms with Crippen LogP contribution in [0.5, 0.6) is 5.75 Å². The van der Waals surface area contributed by atoms with Gasteiger partial charge in [-0.15, -0.1) is 0 Å². The molecule has 0 radical (unpaired) electrons. The molecular formula is C21H30N2O4. The molecule has 1 amide bonds. The van der Waals surface area contributed by atoms with Crippen LogP contribution in [-0.2, 0) is 27.1 Å². The summed E-state index contributed by atoms with van der Waals surface area (Å²) >= 11 is 0. The second kappa shape index (κ2) is 7.78. The molecule has 1 spiro atoms. The van der Waals surface area contributed by atoms with Gasteiger partial charge in [-0.05, 0) is 42.5 Å². The van der Waals surface area contributed by atoms with E-state index in [0.717, 1.165) is 82.9 Å². The first kappa shape index (κ1) is 18.7. The number of fused-ring (bicyclic) bond motifs is 1. The number of nitrogens with zero attached hydrogens (tertiary/aromatic N) is 2. The van der Waals surface area contributed by atoms with Crippen molar-refractivity contribution < 1.29 is 19.0 Å². The third kappa shape index (κ3) is 3.84. The Kier molecular flexibility index (Phi) is 5.39. The Labute approximate surface area is 161 Å². The van der Waals surface area contributed by atoms with E-state index in [1.807, 2.05) is 4.90 Å². The largest absolute Gasteiger partial charge is 0.496 e. The molecule has 0 atom stereocenters. The minimum atomic E-state index is -0.317. The molecule has 4 rings (SSSR count). The Morgan fingerprint density at radius 3 is 2.59 bits per heavy atom. The maximum atomic E-state index is 12.0. The van der Waals surface area contributed by atoms with E-state index in [4.69, 9.17) is 14.2 Å². The van der Waals surface area contributed by atoms with Crippen LogP contribution < -0.4 is 9.64 Å². The van der Waals surface area contributed by atoms with Crippen LogP contribution in [0, 0.1) is 0 Å². The summed E-state index contributed by atoms with van der Waals surface area (Å²) < 4.78 is 17.3. The summed E-state index contributed by atoms with van der Waals surface area (Å²) in [6, 6.07) is 4.30. The zero-order chi connectivity index (χ0) is 18.9. The van der Waals surface area contributed by atoms with Gasteiger partial charge in [0.1, 0.15) is 5.75 Å². The number of ether oxygens (including phenoxy) is 3. The number of rotatable bonds is 4. The highest BCUT2D eigenvalue weighted by atomic mass is 16.7. The van der Waals surface area contributed by atoms with Gasteiger partial charge in [0.05, 0.1) is 20.3 Å². The summed E-state index contributed by atoms with van der Waals surface area (Å²) in [6.07, 6.45) is 4.80. The molecule has 1 aromatic rings. The predicted molar refractivity (Wildman–Crippen MR) is 103 cm³/mol. The fraction of sp³-hybridized carbons (Fsp3) is 0.667. The number of aryl methyl sites for hydroxylation is 1. The first-order valence-electron chi connectivity index (χ1n) is 10.1. The third-order valence-corrected chi connectivity index (χ3v) is 6.11. The van der Waals surface area contributed by atoms with Gasteiger partial charge < -0.3 is 24.0 Å². The van der Waals surface area contributed by atoms with Crippen LogP contribution >= 0.6 is 0 Å². The van der Waals surface area contributed by atoms with Crippen molar-refractivity contribution in [1.29, 1.82) is 0 Å². The number of benzene rings is 1. The number of carbonyl (C=O) groups is 1. The molecule has 6 heteroatoms. The molecule has 6 nitrogen and oxygen atoms in total. The summed E-state index contributed by atoms with van der Waals surface area (Å²) in [5.41, 5.74) is 3.46. The number of anilines is 1. The van der Waals surface area contributed by atoms with E-state index in [1.54, 1.807) is 14.0 Å². The zero-order valence-electron chi connectivity index (χ0n) is 16.5. The van der Waals surface area contributed by atoms with Gasteiger partial charge in [0.15, 0.2) is 5.79 Å². The molecule has 2 fully saturated rings. The van der Waals surface area contributed by atoms with Crippen LogP contribution in [0.2, 0.25) is 0 Å². The molecule has 3 aliphatic heterocycles. The maximum Gasteiger partial charge on any atom is 0.223 e. The lowest BCUT2D eigenvalue weighted by Gasteiger charge is -2.37. The van der Waals surface area contributed by atoms with Gasteiger partial charge in [0, 0.05) is 51.6 Å². The molecule has 0 aliphatic carbocycles. The Morgan fingerprint density at radius 2 is 1.93 bits per heavy atom. The van der Waals surface area contributed by atoms with Crippen molar-refractivity contribution in [2.75, 3.05) is 51.4 Å². The second-order valence-corrected chi connectivity index (χ2v) is 7.77. The van der Waals surface area contributed by atoms with E-state index >= 15 is 0 Å². The fourth-order valence-corrected chi connectivity index (χ4v) is 4.55. The first-order chi connectivity index (χ1) is 13.1. The standard InChI is InChI=1S/C21H30N2O4/c1-16(24)23-8-3-4-17-15-20(25-2)18(14-19(17)23)5-9-22-10-6-21(7-11-22)26-12-13-27-21/h14-15H,3-13H2,1-2H3. The van der Waals surface area contributed by atoms with Crippen molar-refractivity contribution in [3.05, 3.63) is 23.3 Å². The number of hydrogen-bond acceptors (Lipinski definition) is 5. The molecule has 0 saturated carbocycles. The van der Waals surface area contributed by atoms with Gasteiger partial charge in [0.2, 0.25) is 5.91 Å². The number of carbonyl (C=O) groups excluding carboxylic acids is 1. The SMILES string of the molecule is COc1cc2c(cc1CCN1CCC3(CC1)OCCO3)N(C(C)=O)CCC2. The summed E-state index contributed by atoms with van der Waals surface area (Å²) in [7, 11) is 1.73. The number of likely N-dealkylation sites (tertiary alicyclic amines) is 1. The van der Waals surface area contributed by atoms with Crippen LogP contribution in [0.25, 0.3) is 0 Å². The normalized spacial score (nSPS) is 22.1. The molecule has 3 heterocycles. The Bertz CT molecular complexity index is 690. The number of piperidine rings is 1. The highest BCUT2D eigenvalue weighted by Crippen LogP contribution is 2.35. The fourth-order valence-electron chi connectivity index (χ4n) is 4.55. The average Bonchev–Trinajstić information content (AvgIpc) is 3.14. The van der Waals surface area contributed by atoms with Crippen LogP contribution in [0.15, 0.2) is 12.1 Å². The Morgan fingerprint density at radius 1 is 1.19 bits per heavy atom. The highest BCUT2D eigenvalue weighted by molar-refractivity contribution is 5.93. The highest BCUT2D eigenvalue weighted by Gasteiger charge is 2.39. The lowest BCUT2D eigenvalue weighted by Crippen LogP contribution is -2.45. The summed E-state index contributed by atoms with van der Waals surface area (Å²) in [4.78, 5) is 16.4. The topological polar surface area (TPSA) is 51.2 Å². The second-order valence-electron chi connectivity index (χ2n) is 7.77. The van der Waals surface area contributed by atoms with Gasteiger partial charge >= 0.3 is 0 Å². The molecular weight excluding hydrogens is 344 g/mol. The lowest BCUT2D eigenvalue weighted by atomic mass is 9.97. The molecule has 0 aromatic heterocycles. The van der Waals surface area contributed by atoms with Crippen molar-refractivity contribution in [1.82, 2.24) is 4.90 Å². The van der Waals surface area contributed by atoms with Gasteiger partial charge in [-0.1, -0.05) is 0 Å². The number of methoxy groups -OCH3 is 1. The van der Waals surface area contributed by atoms with Crippen molar-refractivity contribution >= 4 is 11.6 Å². The molecule has 2 saturated heterocycles. The van der Waals surface area contributed by atoms with Crippen molar-refractivity contribution in [2.45, 2.75) is 44.8 Å². The molecule has 148 valence electrons. The van der Waals surface area contributed by atoms with Gasteiger partial charge in [0.25, 0.3) is 0 Å². The van der Waals surface area contributed by atoms with E-state index in [2.05, 4.69) is 17.0 Å². The van der Waals surface area contributed by atoms with Gasteiger partial charge in [-0.25, -0.2) is 0 Å². The van der Waals surface area contributed by atoms with E-state index in [-0.39, 0.29) is 11.7 Å². The Hall–Kier alpha value is -1.63. The minimum Gasteiger partial charge on any atom is -0.496 e. The van der Waals surface area contributed by atoms with Gasteiger partial charge in [-0.3, -0.25) is 4.79 Å². The van der Waals surface area contributed by atoms with Crippen molar-refractivity contribution in [2.24, 2.45) is 0 Å². The van der Waals surface area contributed by atoms with E-state index in [1.165, 1.54) is 11.1 Å². The molecule has 1 aromatic carbocycles. The third-order valence-electron chi connectivity index (χ3n) is 6.11. The smallest absolute Gasteiger partial charge is 0.223 e. The van der Waals surface area contributed by atoms with Crippen molar-refractivity contribution in [3.8, 4) is 5.75 Å². The van der Waals surface area contributed by atoms with Crippen LogP contribution in [0.1, 0.15) is 37.3 Å². The van der Waals surface area contributed by atoms with E-state index in [9.17, 15) is 4.79 Å². The summed E-state index contributed by atoms with van der Waals surface area (Å²) in [5, 5.41) is 0. The van der Waals surface area contributed by atoms with E-state index in [0.29, 0.717) is 0 Å². The molecule has 3 aliphatic rings. The number of hydrogen-bond donors (Lipinski definition) is 0. The number of amides is 1. The van der Waals surface area contributed by atoms with E-state index < -0.39 is 0 Å². The van der Waals surface area contributed by atoms with Crippen molar-refractivity contribution in [3.63, 3.8) is 0 Å². The molecule has 0 bridgehead atoms. The molecule has 0 unspecified atom stereocenters. The van der Waals surface area contributed by atoms with Crippen LogP contribution in [0.3, 0.4) is 0 Å². The summed E-state index contributed by atoms with van der Waals surface area (Å²) in [6.45, 7) is 6.86. The Balaban J connectivity index is 1.44. The lowest BCUT2D eigenvalue weighted by molar-refractivity contribution is -0.185. The summed E-state index contributed by atoms with van der Waals surface area (Å²) in [5.74, 6) is 0.738. The van der Waals surface area contributed by atoms with Crippen LogP contribution in [0.4, 0.5) is 5.69 Å². The van der Waals surface area contributed by atoms with Crippen LogP contribution in [-0.4, -0.2) is 63.1 Å².